The first-order valence-electron chi connectivity index (χ1n) is 9.37. The first-order valence-corrected chi connectivity index (χ1v) is 9.37. The molecule has 7 heteroatoms. The molecule has 1 unspecified atom stereocenters. The predicted molar refractivity (Wildman–Crippen MR) is 102 cm³/mol. The summed E-state index contributed by atoms with van der Waals surface area (Å²) in [5, 5.41) is 16.6. The van der Waals surface area contributed by atoms with E-state index in [-0.39, 0.29) is 12.3 Å². The Morgan fingerprint density at radius 2 is 2.04 bits per heavy atom. The maximum absolute atomic E-state index is 13.2. The molecule has 7 nitrogen and oxygen atoms in total. The summed E-state index contributed by atoms with van der Waals surface area (Å²) in [6, 6.07) is 10.8. The van der Waals surface area contributed by atoms with Gasteiger partial charge >= 0.3 is 5.97 Å². The summed E-state index contributed by atoms with van der Waals surface area (Å²) >= 11 is 0. The van der Waals surface area contributed by atoms with Gasteiger partial charge in [-0.3, -0.25) is 9.59 Å². The van der Waals surface area contributed by atoms with Crippen LogP contribution >= 0.6 is 0 Å². The topological polar surface area (TPSA) is 105 Å². The van der Waals surface area contributed by atoms with Crippen LogP contribution in [0.4, 0.5) is 0 Å². The van der Waals surface area contributed by atoms with E-state index in [1.165, 1.54) is 0 Å². The summed E-state index contributed by atoms with van der Waals surface area (Å²) in [4.78, 5) is 28.7. The van der Waals surface area contributed by atoms with Gasteiger partial charge in [0.2, 0.25) is 0 Å². The van der Waals surface area contributed by atoms with E-state index in [2.05, 4.69) is 15.5 Å². The van der Waals surface area contributed by atoms with Gasteiger partial charge in [-0.25, -0.2) is 4.98 Å². The molecule has 0 saturated heterocycles. The van der Waals surface area contributed by atoms with E-state index in [4.69, 9.17) is 9.63 Å². The van der Waals surface area contributed by atoms with Crippen molar-refractivity contribution >= 4 is 23.0 Å². The van der Waals surface area contributed by atoms with E-state index in [0.717, 1.165) is 24.1 Å². The van der Waals surface area contributed by atoms with Gasteiger partial charge in [0.15, 0.2) is 0 Å². The van der Waals surface area contributed by atoms with Crippen LogP contribution in [0.2, 0.25) is 0 Å². The SMILES string of the molecule is Cc1noc2nc(C3CC3)cc(C(=O)NC(CCC(=O)O)c3ccccc3)c12. The molecule has 3 aromatic rings. The van der Waals surface area contributed by atoms with Gasteiger partial charge in [-0.15, -0.1) is 0 Å². The third-order valence-electron chi connectivity index (χ3n) is 5.03. The molecule has 0 radical (unpaired) electrons. The highest BCUT2D eigenvalue weighted by Crippen LogP contribution is 2.40. The molecular weight excluding hydrogens is 358 g/mol. The first-order chi connectivity index (χ1) is 13.5. The third kappa shape index (κ3) is 3.74. The van der Waals surface area contributed by atoms with E-state index < -0.39 is 12.0 Å². The van der Waals surface area contributed by atoms with Crippen LogP contribution in [0.25, 0.3) is 11.1 Å². The summed E-state index contributed by atoms with van der Waals surface area (Å²) in [6.45, 7) is 1.78. The Kier molecular flexibility index (Phi) is 4.81. The van der Waals surface area contributed by atoms with Crippen molar-refractivity contribution in [3.05, 3.63) is 58.9 Å². The number of carbonyl (C=O) groups is 2. The van der Waals surface area contributed by atoms with Crippen LogP contribution in [0.1, 0.15) is 65.0 Å². The van der Waals surface area contributed by atoms with Crippen LogP contribution in [0.5, 0.6) is 0 Å². The number of fused-ring (bicyclic) bond motifs is 1. The molecule has 0 aliphatic heterocycles. The fourth-order valence-electron chi connectivity index (χ4n) is 3.39. The van der Waals surface area contributed by atoms with Crippen molar-refractivity contribution in [1.82, 2.24) is 15.5 Å². The number of carboxylic acid groups (broad SMARTS) is 1. The average molecular weight is 379 g/mol. The molecule has 1 aliphatic rings. The zero-order valence-corrected chi connectivity index (χ0v) is 15.5. The highest BCUT2D eigenvalue weighted by atomic mass is 16.5. The van der Waals surface area contributed by atoms with Gasteiger partial charge < -0.3 is 14.9 Å². The summed E-state index contributed by atoms with van der Waals surface area (Å²) in [6.07, 6.45) is 2.37. The monoisotopic (exact) mass is 379 g/mol. The van der Waals surface area contributed by atoms with Gasteiger partial charge in [-0.1, -0.05) is 35.5 Å². The molecule has 144 valence electrons. The number of hydrogen-bond donors (Lipinski definition) is 2. The van der Waals surface area contributed by atoms with Crippen LogP contribution in [0.3, 0.4) is 0 Å². The maximum atomic E-state index is 13.2. The third-order valence-corrected chi connectivity index (χ3v) is 5.03. The largest absolute Gasteiger partial charge is 0.481 e. The number of pyridine rings is 1. The molecule has 0 spiro atoms. The average Bonchev–Trinajstić information content (AvgIpc) is 3.48. The molecule has 1 aromatic carbocycles. The Bertz CT molecular complexity index is 1020. The van der Waals surface area contributed by atoms with E-state index in [1.807, 2.05) is 36.4 Å². The number of nitrogens with zero attached hydrogens (tertiary/aromatic N) is 2. The van der Waals surface area contributed by atoms with Crippen molar-refractivity contribution in [3.63, 3.8) is 0 Å². The fraction of sp³-hybridized carbons (Fsp3) is 0.333. The van der Waals surface area contributed by atoms with Crippen molar-refractivity contribution in [2.24, 2.45) is 0 Å². The number of nitrogens with one attached hydrogen (secondary N) is 1. The standard InChI is InChI=1S/C21H21N3O4/c1-12-19-15(11-17(14-7-8-14)23-21(19)28-24-12)20(27)22-16(9-10-18(25)26)13-5-3-2-4-6-13/h2-6,11,14,16H,7-10H2,1H3,(H,22,27)(H,25,26). The van der Waals surface area contributed by atoms with E-state index in [0.29, 0.717) is 34.7 Å². The molecule has 28 heavy (non-hydrogen) atoms. The maximum Gasteiger partial charge on any atom is 0.303 e. The van der Waals surface area contributed by atoms with Crippen LogP contribution in [-0.4, -0.2) is 27.1 Å². The minimum absolute atomic E-state index is 0.0365. The second kappa shape index (κ2) is 7.42. The molecule has 2 aromatic heterocycles. The van der Waals surface area contributed by atoms with Gasteiger partial charge in [0.1, 0.15) is 0 Å². The highest BCUT2D eigenvalue weighted by molar-refractivity contribution is 6.06. The smallest absolute Gasteiger partial charge is 0.303 e. The Labute approximate surface area is 161 Å². The quantitative estimate of drug-likeness (QED) is 0.648. The zero-order valence-electron chi connectivity index (χ0n) is 15.5. The molecule has 0 bridgehead atoms. The molecule has 1 atom stereocenters. The van der Waals surface area contributed by atoms with Gasteiger partial charge in [0.05, 0.1) is 22.7 Å². The second-order valence-corrected chi connectivity index (χ2v) is 7.19. The summed E-state index contributed by atoms with van der Waals surface area (Å²) in [5.74, 6) is -0.814. The van der Waals surface area contributed by atoms with Crippen LogP contribution in [0, 0.1) is 6.92 Å². The number of rotatable bonds is 7. The van der Waals surface area contributed by atoms with Gasteiger partial charge in [0, 0.05) is 18.0 Å². The molecule has 4 rings (SSSR count). The minimum Gasteiger partial charge on any atom is -0.481 e. The lowest BCUT2D eigenvalue weighted by atomic mass is 10.0. The zero-order chi connectivity index (χ0) is 19.7. The number of aliphatic carboxylic acids is 1. The van der Waals surface area contributed by atoms with Crippen molar-refractivity contribution in [1.29, 1.82) is 0 Å². The number of benzene rings is 1. The normalized spacial score (nSPS) is 14.8. The van der Waals surface area contributed by atoms with Crippen molar-refractivity contribution in [2.45, 2.75) is 44.6 Å². The Balaban J connectivity index is 1.67. The number of carboxylic acids is 1. The van der Waals surface area contributed by atoms with Gasteiger partial charge in [0.25, 0.3) is 11.6 Å². The van der Waals surface area contributed by atoms with Crippen molar-refractivity contribution < 1.29 is 19.2 Å². The number of hydrogen-bond acceptors (Lipinski definition) is 5. The fourth-order valence-corrected chi connectivity index (χ4v) is 3.39. The van der Waals surface area contributed by atoms with Crippen molar-refractivity contribution in [3.8, 4) is 0 Å². The van der Waals surface area contributed by atoms with E-state index >= 15 is 0 Å². The van der Waals surface area contributed by atoms with E-state index in [1.54, 1.807) is 6.92 Å². The molecule has 1 amide bonds. The molecule has 1 fully saturated rings. The number of amides is 1. The van der Waals surface area contributed by atoms with Crippen LogP contribution in [0.15, 0.2) is 40.9 Å². The van der Waals surface area contributed by atoms with E-state index in [9.17, 15) is 9.59 Å². The lowest BCUT2D eigenvalue weighted by Gasteiger charge is -2.19. The Morgan fingerprint density at radius 1 is 1.29 bits per heavy atom. The van der Waals surface area contributed by atoms with Crippen LogP contribution in [-0.2, 0) is 4.79 Å². The number of aromatic nitrogens is 2. The number of aryl methyl sites for hydroxylation is 1. The summed E-state index contributed by atoms with van der Waals surface area (Å²) in [5.41, 5.74) is 3.16. The minimum atomic E-state index is -0.896. The Hall–Kier alpha value is -3.22. The lowest BCUT2D eigenvalue weighted by Crippen LogP contribution is -2.29. The summed E-state index contributed by atoms with van der Waals surface area (Å²) < 4.78 is 5.31. The predicted octanol–water partition coefficient (Wildman–Crippen LogP) is 3.74. The van der Waals surface area contributed by atoms with Crippen molar-refractivity contribution in [2.75, 3.05) is 0 Å². The molecule has 2 N–H and O–H groups in total. The first kappa shape index (κ1) is 18.2. The lowest BCUT2D eigenvalue weighted by molar-refractivity contribution is -0.137. The van der Waals surface area contributed by atoms with Gasteiger partial charge in [-0.05, 0) is 37.8 Å². The second-order valence-electron chi connectivity index (χ2n) is 7.19. The highest BCUT2D eigenvalue weighted by Gasteiger charge is 2.29. The molecule has 1 aliphatic carbocycles. The van der Waals surface area contributed by atoms with Crippen LogP contribution < -0.4 is 5.32 Å². The number of carbonyl (C=O) groups excluding carboxylic acids is 1. The molecule has 2 heterocycles. The Morgan fingerprint density at radius 3 is 2.71 bits per heavy atom. The molecular formula is C21H21N3O4. The van der Waals surface area contributed by atoms with Gasteiger partial charge in [-0.2, -0.15) is 0 Å². The summed E-state index contributed by atoms with van der Waals surface area (Å²) in [7, 11) is 0. The molecule has 1 saturated carbocycles.